The molecule has 0 amide bonds. The molecule has 0 radical (unpaired) electrons. The first-order valence-corrected chi connectivity index (χ1v) is 13.2. The summed E-state index contributed by atoms with van der Waals surface area (Å²) < 4.78 is 31.5. The molecule has 0 aliphatic heterocycles. The monoisotopic (exact) mass is 470 g/mol. The minimum Gasteiger partial charge on any atom is -0.368 e. The zero-order valence-corrected chi connectivity index (χ0v) is 20.8. The lowest BCUT2D eigenvalue weighted by molar-refractivity contribution is 0.595. The van der Waals surface area contributed by atoms with Crippen LogP contribution >= 0.6 is 11.8 Å². The molecule has 8 heteroatoms. The molecule has 0 N–H and O–H groups in total. The molecule has 6 nitrogen and oxygen atoms in total. The molecule has 3 aromatic rings. The predicted octanol–water partition coefficient (Wildman–Crippen LogP) is 5.11. The van der Waals surface area contributed by atoms with Gasteiger partial charge in [-0.25, -0.2) is 4.98 Å². The van der Waals surface area contributed by atoms with Crippen molar-refractivity contribution < 1.29 is 8.42 Å². The minimum absolute atomic E-state index is 0.198. The van der Waals surface area contributed by atoms with Gasteiger partial charge in [-0.2, -0.15) is 8.42 Å². The van der Waals surface area contributed by atoms with E-state index < -0.39 is 10.0 Å². The summed E-state index contributed by atoms with van der Waals surface area (Å²) in [5, 5.41) is 1.02. The van der Waals surface area contributed by atoms with E-state index in [1.165, 1.54) is 6.34 Å². The Kier molecular flexibility index (Phi) is 7.79. The van der Waals surface area contributed by atoms with Crippen LogP contribution in [0.25, 0.3) is 11.1 Å². The van der Waals surface area contributed by atoms with Gasteiger partial charge < -0.3 is 9.47 Å². The van der Waals surface area contributed by atoms with Gasteiger partial charge in [-0.05, 0) is 29.9 Å². The molecule has 0 aliphatic rings. The SMILES string of the molecule is CCC(C)c1nc(SC)cn1Cc1ccc(-c2ccccc2S(=O)(=O)N=CN(C)C)cc1. The average Bonchev–Trinajstić information content (AvgIpc) is 3.20. The van der Waals surface area contributed by atoms with Crippen LogP contribution in [0.3, 0.4) is 0 Å². The molecule has 1 heterocycles. The van der Waals surface area contributed by atoms with E-state index in [-0.39, 0.29) is 4.90 Å². The largest absolute Gasteiger partial charge is 0.368 e. The summed E-state index contributed by atoms with van der Waals surface area (Å²) in [6, 6.07) is 15.0. The van der Waals surface area contributed by atoms with Gasteiger partial charge in [-0.1, -0.05) is 56.3 Å². The summed E-state index contributed by atoms with van der Waals surface area (Å²) >= 11 is 1.65. The van der Waals surface area contributed by atoms with Crippen LogP contribution in [0, 0.1) is 0 Å². The van der Waals surface area contributed by atoms with Gasteiger partial charge in [0.25, 0.3) is 10.0 Å². The first-order chi connectivity index (χ1) is 15.2. The highest BCUT2D eigenvalue weighted by atomic mass is 32.2. The average molecular weight is 471 g/mol. The molecular weight excluding hydrogens is 440 g/mol. The summed E-state index contributed by atoms with van der Waals surface area (Å²) in [6.45, 7) is 5.09. The molecule has 2 aromatic carbocycles. The molecule has 1 unspecified atom stereocenters. The number of imidazole rings is 1. The summed E-state index contributed by atoms with van der Waals surface area (Å²) in [6.07, 6.45) is 6.48. The van der Waals surface area contributed by atoms with Crippen molar-refractivity contribution in [2.24, 2.45) is 4.40 Å². The zero-order chi connectivity index (χ0) is 23.3. The van der Waals surface area contributed by atoms with Crippen LogP contribution in [-0.2, 0) is 16.6 Å². The molecule has 0 bridgehead atoms. The van der Waals surface area contributed by atoms with Gasteiger partial charge in [-0.3, -0.25) is 0 Å². The van der Waals surface area contributed by atoms with Crippen LogP contribution in [-0.4, -0.2) is 49.6 Å². The lowest BCUT2D eigenvalue weighted by Crippen LogP contribution is -2.10. The van der Waals surface area contributed by atoms with Crippen molar-refractivity contribution in [1.29, 1.82) is 0 Å². The first kappa shape index (κ1) is 24.1. The van der Waals surface area contributed by atoms with E-state index in [9.17, 15) is 8.42 Å². The molecule has 1 atom stereocenters. The number of hydrogen-bond donors (Lipinski definition) is 0. The zero-order valence-electron chi connectivity index (χ0n) is 19.2. The Labute approximate surface area is 195 Å². The Morgan fingerprint density at radius 3 is 2.47 bits per heavy atom. The predicted molar refractivity (Wildman–Crippen MR) is 133 cm³/mol. The third kappa shape index (κ3) is 5.61. The molecule has 170 valence electrons. The standard InChI is InChI=1S/C24H30N4O2S2/c1-6-18(2)24-26-23(31-5)16-28(24)15-19-11-13-20(14-12-19)21-9-7-8-10-22(21)32(29,30)25-17-27(3)4/h7-14,16-18H,6,15H2,1-5H3. The van der Waals surface area contributed by atoms with Crippen LogP contribution in [0.15, 0.2) is 69.0 Å². The normalized spacial score (nSPS) is 12.9. The quantitative estimate of drug-likeness (QED) is 0.247. The van der Waals surface area contributed by atoms with Gasteiger partial charge in [0.15, 0.2) is 0 Å². The van der Waals surface area contributed by atoms with Crippen molar-refractivity contribution in [3.8, 4) is 11.1 Å². The third-order valence-corrected chi connectivity index (χ3v) is 7.15. The highest BCUT2D eigenvalue weighted by molar-refractivity contribution is 7.98. The van der Waals surface area contributed by atoms with E-state index in [0.29, 0.717) is 11.5 Å². The van der Waals surface area contributed by atoms with Crippen molar-refractivity contribution in [3.63, 3.8) is 0 Å². The number of hydrogen-bond acceptors (Lipinski definition) is 4. The van der Waals surface area contributed by atoms with Crippen molar-refractivity contribution in [1.82, 2.24) is 14.5 Å². The molecule has 0 saturated carbocycles. The van der Waals surface area contributed by atoms with Gasteiger partial charge in [0.1, 0.15) is 17.2 Å². The van der Waals surface area contributed by atoms with E-state index in [2.05, 4.69) is 29.0 Å². The van der Waals surface area contributed by atoms with E-state index in [1.807, 2.05) is 42.7 Å². The fourth-order valence-corrected chi connectivity index (χ4v) is 4.89. The summed E-state index contributed by atoms with van der Waals surface area (Å²) in [7, 11) is -0.328. The number of rotatable bonds is 9. The summed E-state index contributed by atoms with van der Waals surface area (Å²) in [4.78, 5) is 6.57. The Balaban J connectivity index is 1.91. The fourth-order valence-electron chi connectivity index (χ4n) is 3.34. The first-order valence-electron chi connectivity index (χ1n) is 10.5. The Morgan fingerprint density at radius 2 is 1.84 bits per heavy atom. The molecule has 32 heavy (non-hydrogen) atoms. The fraction of sp³-hybridized carbons (Fsp3) is 0.333. The molecule has 0 spiro atoms. The van der Waals surface area contributed by atoms with Crippen molar-refractivity contribution in [2.75, 3.05) is 20.4 Å². The Morgan fingerprint density at radius 1 is 1.16 bits per heavy atom. The molecule has 0 fully saturated rings. The molecule has 0 aliphatic carbocycles. The lowest BCUT2D eigenvalue weighted by Gasteiger charge is -2.13. The van der Waals surface area contributed by atoms with Gasteiger partial charge in [0, 0.05) is 38.3 Å². The van der Waals surface area contributed by atoms with E-state index in [4.69, 9.17) is 4.98 Å². The molecular formula is C24H30N4O2S2. The second-order valence-electron chi connectivity index (χ2n) is 7.93. The number of nitrogens with zero attached hydrogens (tertiary/aromatic N) is 4. The third-order valence-electron chi connectivity index (χ3n) is 5.25. The minimum atomic E-state index is -3.80. The van der Waals surface area contributed by atoms with Crippen LogP contribution in [0.5, 0.6) is 0 Å². The van der Waals surface area contributed by atoms with Gasteiger partial charge in [0.2, 0.25) is 0 Å². The number of sulfonamides is 1. The Bertz CT molecular complexity index is 1180. The van der Waals surface area contributed by atoms with E-state index in [1.54, 1.807) is 42.9 Å². The maximum atomic E-state index is 12.8. The van der Waals surface area contributed by atoms with Crippen LogP contribution in [0.1, 0.15) is 37.6 Å². The van der Waals surface area contributed by atoms with Gasteiger partial charge >= 0.3 is 0 Å². The highest BCUT2D eigenvalue weighted by Gasteiger charge is 2.18. The van der Waals surface area contributed by atoms with E-state index >= 15 is 0 Å². The number of thioether (sulfide) groups is 1. The van der Waals surface area contributed by atoms with Crippen molar-refractivity contribution in [3.05, 3.63) is 66.1 Å². The van der Waals surface area contributed by atoms with Gasteiger partial charge in [-0.15, -0.1) is 16.2 Å². The topological polar surface area (TPSA) is 67.6 Å². The van der Waals surface area contributed by atoms with Gasteiger partial charge in [0.05, 0.1) is 4.90 Å². The maximum Gasteiger partial charge on any atom is 0.284 e. The molecule has 1 aromatic heterocycles. The van der Waals surface area contributed by atoms with Crippen LogP contribution in [0.4, 0.5) is 0 Å². The van der Waals surface area contributed by atoms with E-state index in [0.717, 1.165) is 34.9 Å². The summed E-state index contributed by atoms with van der Waals surface area (Å²) in [5.41, 5.74) is 2.61. The lowest BCUT2D eigenvalue weighted by atomic mass is 10.0. The smallest absolute Gasteiger partial charge is 0.284 e. The van der Waals surface area contributed by atoms with Crippen molar-refractivity contribution >= 4 is 28.1 Å². The second kappa shape index (κ2) is 10.4. The molecule has 0 saturated heterocycles. The van der Waals surface area contributed by atoms with Crippen LogP contribution in [0.2, 0.25) is 0 Å². The molecule has 3 rings (SSSR count). The maximum absolute atomic E-state index is 12.8. The highest BCUT2D eigenvalue weighted by Crippen LogP contribution is 2.29. The van der Waals surface area contributed by atoms with Crippen molar-refractivity contribution in [2.45, 2.75) is 42.7 Å². The second-order valence-corrected chi connectivity index (χ2v) is 10.4. The summed E-state index contributed by atoms with van der Waals surface area (Å²) in [5.74, 6) is 1.48. The Hall–Kier alpha value is -2.58. The van der Waals surface area contributed by atoms with Crippen LogP contribution < -0.4 is 0 Å². The number of benzene rings is 2. The number of aromatic nitrogens is 2.